The number of hydrogen-bond donors (Lipinski definition) is 1. The molecule has 0 spiro atoms. The van der Waals surface area contributed by atoms with Crippen LogP contribution in [0.15, 0.2) is 100.0 Å². The van der Waals surface area contributed by atoms with Crippen LogP contribution in [0.2, 0.25) is 0 Å². The van der Waals surface area contributed by atoms with Crippen molar-refractivity contribution in [2.24, 2.45) is 10.2 Å². The summed E-state index contributed by atoms with van der Waals surface area (Å²) in [5.41, 5.74) is 2.10. The monoisotopic (exact) mass is 546 g/mol. The first-order chi connectivity index (χ1) is 15.9. The molecule has 5 nitrogen and oxygen atoms in total. The van der Waals surface area contributed by atoms with Crippen LogP contribution in [0.25, 0.3) is 16.8 Å². The smallest absolute Gasteiger partial charge is 0.234 e. The molecule has 0 aliphatic rings. The van der Waals surface area contributed by atoms with E-state index in [4.69, 9.17) is 0 Å². The van der Waals surface area contributed by atoms with E-state index in [9.17, 15) is 14.7 Å². The van der Waals surface area contributed by atoms with Gasteiger partial charge in [-0.3, -0.25) is 9.59 Å². The highest BCUT2D eigenvalue weighted by Gasteiger charge is 2.14. The molecule has 0 unspecified atom stereocenters. The minimum Gasteiger partial charge on any atom is -0.504 e. The van der Waals surface area contributed by atoms with Gasteiger partial charge in [0, 0.05) is 0 Å². The van der Waals surface area contributed by atoms with Crippen molar-refractivity contribution < 1.29 is 9.90 Å². The van der Waals surface area contributed by atoms with E-state index in [2.05, 4.69) is 10.2 Å². The van der Waals surface area contributed by atoms with E-state index in [1.165, 1.54) is 18.2 Å². The Labute approximate surface area is 204 Å². The lowest BCUT2D eigenvalue weighted by Crippen LogP contribution is -2.04. The fraction of sp³-hybridized carbons (Fsp3) is 0.0370. The molecule has 0 fully saturated rings. The molecule has 0 bridgehead atoms. The van der Waals surface area contributed by atoms with E-state index >= 15 is 0 Å². The molecule has 4 aromatic carbocycles. The molecule has 1 N–H and O–H groups in total. The van der Waals surface area contributed by atoms with E-state index in [-0.39, 0.29) is 9.13 Å². The van der Waals surface area contributed by atoms with Crippen molar-refractivity contribution in [3.05, 3.63) is 115 Å². The van der Waals surface area contributed by atoms with Crippen LogP contribution in [0, 0.1) is 10.5 Å². The summed E-state index contributed by atoms with van der Waals surface area (Å²) in [5.74, 6) is -1.11. The first-order valence-corrected chi connectivity index (χ1v) is 11.2. The largest absolute Gasteiger partial charge is 0.504 e. The van der Waals surface area contributed by atoms with Crippen molar-refractivity contribution in [3.8, 4) is 5.75 Å². The van der Waals surface area contributed by atoms with Crippen molar-refractivity contribution in [2.75, 3.05) is 0 Å². The quantitative estimate of drug-likeness (QED) is 0.125. The second kappa shape index (κ2) is 9.87. The topological polar surface area (TPSA) is 79.1 Å². The first kappa shape index (κ1) is 22.5. The highest BCUT2D eigenvalue weighted by molar-refractivity contribution is 14.1. The molecule has 0 aromatic heterocycles. The highest BCUT2D eigenvalue weighted by atomic mass is 127. The maximum Gasteiger partial charge on any atom is 0.234 e. The molecule has 0 saturated carbocycles. The fourth-order valence-corrected chi connectivity index (χ4v) is 3.81. The maximum absolute atomic E-state index is 12.9. The molecule has 0 heterocycles. The predicted octanol–water partition coefficient (Wildman–Crippen LogP) is 7.13. The Morgan fingerprint density at radius 2 is 1.58 bits per heavy atom. The van der Waals surface area contributed by atoms with Crippen LogP contribution in [0.1, 0.15) is 21.5 Å². The third kappa shape index (κ3) is 5.40. The molecule has 6 heteroatoms. The number of rotatable bonds is 5. The number of hydrogen-bond acceptors (Lipinski definition) is 5. The van der Waals surface area contributed by atoms with Crippen LogP contribution in [0.3, 0.4) is 0 Å². The van der Waals surface area contributed by atoms with Crippen molar-refractivity contribution >= 4 is 56.6 Å². The number of ketones is 1. The van der Waals surface area contributed by atoms with Gasteiger partial charge in [0.05, 0.1) is 20.5 Å². The van der Waals surface area contributed by atoms with E-state index in [1.807, 2.05) is 96.2 Å². The molecule has 0 radical (unpaired) electrons. The fourth-order valence-electron chi connectivity index (χ4n) is 3.23. The van der Waals surface area contributed by atoms with Gasteiger partial charge < -0.3 is 5.11 Å². The van der Waals surface area contributed by atoms with Gasteiger partial charge in [0.15, 0.2) is 11.5 Å². The zero-order valence-electron chi connectivity index (χ0n) is 17.7. The molecule has 0 saturated heterocycles. The molecule has 4 aromatic rings. The molecule has 0 atom stereocenters. The third-order valence-electron chi connectivity index (χ3n) is 5.03. The number of aryl methyl sites for hydroxylation is 1. The summed E-state index contributed by atoms with van der Waals surface area (Å²) >= 11 is 1.81. The van der Waals surface area contributed by atoms with Crippen LogP contribution in [0.4, 0.5) is 11.4 Å². The number of halogens is 1. The van der Waals surface area contributed by atoms with E-state index < -0.39 is 17.0 Å². The number of allylic oxidation sites excluding steroid dienone is 1. The third-order valence-corrected chi connectivity index (χ3v) is 5.84. The first-order valence-electron chi connectivity index (χ1n) is 10.2. The van der Waals surface area contributed by atoms with Gasteiger partial charge in [-0.2, -0.15) is 10.2 Å². The molecular weight excluding hydrogens is 527 g/mol. The van der Waals surface area contributed by atoms with Crippen LogP contribution < -0.4 is 5.43 Å². The SMILES string of the molecule is Cc1ccc(N=Nc2cc(C(=O)/C=C/c3ccc4ccccc4c3)c(O)c(=O)c(I)c2)cc1. The second-order valence-corrected chi connectivity index (χ2v) is 8.65. The van der Waals surface area contributed by atoms with Crippen molar-refractivity contribution in [2.45, 2.75) is 6.92 Å². The minimum atomic E-state index is -0.630. The normalized spacial score (nSPS) is 11.5. The number of aromatic hydroxyl groups is 1. The van der Waals surface area contributed by atoms with Gasteiger partial charge in [-0.25, -0.2) is 0 Å². The lowest BCUT2D eigenvalue weighted by molar-refractivity contribution is 0.104. The molecule has 33 heavy (non-hydrogen) atoms. The Morgan fingerprint density at radius 3 is 2.33 bits per heavy atom. The summed E-state index contributed by atoms with van der Waals surface area (Å²) in [6.07, 6.45) is 3.00. The second-order valence-electron chi connectivity index (χ2n) is 7.49. The molecule has 0 amide bonds. The average Bonchev–Trinajstić information content (AvgIpc) is 2.93. The summed E-state index contributed by atoms with van der Waals surface area (Å²) in [6.45, 7) is 1.97. The van der Waals surface area contributed by atoms with Gasteiger partial charge >= 0.3 is 0 Å². The Bertz CT molecular complexity index is 1480. The number of fused-ring (bicyclic) bond motifs is 1. The summed E-state index contributed by atoms with van der Waals surface area (Å²) < 4.78 is 0.237. The molecular formula is C27H19IN2O3. The van der Waals surface area contributed by atoms with Crippen LogP contribution in [-0.4, -0.2) is 10.9 Å². The van der Waals surface area contributed by atoms with Gasteiger partial charge in [0.2, 0.25) is 5.43 Å². The van der Waals surface area contributed by atoms with E-state index in [1.54, 1.807) is 6.08 Å². The standard InChI is InChI=1S/C27H19IN2O3/c1-17-6-11-21(12-7-17)29-30-22-15-23(26(32)27(33)24(28)16-22)25(31)13-9-18-8-10-19-4-2-3-5-20(19)14-18/h2-16H,1H3,(H,32,33)/b13-9+,30-29?. The number of carbonyl (C=O) groups excluding carboxylic acids is 1. The Kier molecular flexibility index (Phi) is 6.74. The van der Waals surface area contributed by atoms with Crippen LogP contribution >= 0.6 is 22.6 Å². The summed E-state index contributed by atoms with van der Waals surface area (Å²) in [4.78, 5) is 25.4. The lowest BCUT2D eigenvalue weighted by atomic mass is 10.1. The van der Waals surface area contributed by atoms with Gasteiger partial charge in [-0.05, 0) is 82.3 Å². The Balaban J connectivity index is 1.68. The number of carbonyl (C=O) groups is 1. The Morgan fingerprint density at radius 1 is 0.879 bits per heavy atom. The molecule has 4 rings (SSSR count). The van der Waals surface area contributed by atoms with Gasteiger partial charge in [0.1, 0.15) is 0 Å². The van der Waals surface area contributed by atoms with E-state index in [0.717, 1.165) is 21.9 Å². The zero-order chi connectivity index (χ0) is 23.4. The van der Waals surface area contributed by atoms with Gasteiger partial charge in [-0.1, -0.05) is 60.2 Å². The van der Waals surface area contributed by atoms with Crippen LogP contribution in [0.5, 0.6) is 5.75 Å². The molecule has 0 aliphatic heterocycles. The van der Waals surface area contributed by atoms with Crippen molar-refractivity contribution in [3.63, 3.8) is 0 Å². The summed E-state index contributed by atoms with van der Waals surface area (Å²) in [5, 5.41) is 21.0. The Hall–Kier alpha value is -3.65. The lowest BCUT2D eigenvalue weighted by Gasteiger charge is -2.00. The number of benzene rings is 3. The van der Waals surface area contributed by atoms with Gasteiger partial charge in [-0.15, -0.1) is 0 Å². The van der Waals surface area contributed by atoms with Gasteiger partial charge in [0.25, 0.3) is 0 Å². The maximum atomic E-state index is 12.9. The molecule has 162 valence electrons. The zero-order valence-corrected chi connectivity index (χ0v) is 19.9. The predicted molar refractivity (Wildman–Crippen MR) is 140 cm³/mol. The number of nitrogens with zero attached hydrogens (tertiary/aromatic N) is 2. The van der Waals surface area contributed by atoms with Crippen molar-refractivity contribution in [1.29, 1.82) is 0 Å². The highest BCUT2D eigenvalue weighted by Crippen LogP contribution is 2.24. The van der Waals surface area contributed by atoms with Crippen LogP contribution in [-0.2, 0) is 0 Å². The summed E-state index contributed by atoms with van der Waals surface area (Å²) in [7, 11) is 0. The molecule has 0 aliphatic carbocycles. The van der Waals surface area contributed by atoms with E-state index in [0.29, 0.717) is 11.4 Å². The average molecular weight is 546 g/mol. The summed E-state index contributed by atoms with van der Waals surface area (Å²) in [6, 6.07) is 24.1. The number of azo groups is 1. The minimum absolute atomic E-state index is 0.127. The van der Waals surface area contributed by atoms with Crippen molar-refractivity contribution in [1.82, 2.24) is 0 Å².